The van der Waals surface area contributed by atoms with E-state index in [1.807, 2.05) is 13.8 Å². The molecule has 0 bridgehead atoms. The van der Waals surface area contributed by atoms with Crippen LogP contribution in [0.15, 0.2) is 18.2 Å². The Morgan fingerprint density at radius 2 is 2.26 bits per heavy atom. The van der Waals surface area contributed by atoms with E-state index in [2.05, 4.69) is 34.1 Å². The van der Waals surface area contributed by atoms with Crippen molar-refractivity contribution in [3.63, 3.8) is 0 Å². The minimum Gasteiger partial charge on any atom is -0.385 e. The van der Waals surface area contributed by atoms with E-state index in [4.69, 9.17) is 0 Å². The van der Waals surface area contributed by atoms with Crippen LogP contribution in [0, 0.1) is 0 Å². The van der Waals surface area contributed by atoms with Crippen molar-refractivity contribution in [2.75, 3.05) is 18.4 Å². The summed E-state index contributed by atoms with van der Waals surface area (Å²) in [6, 6.07) is 6.63. The predicted octanol–water partition coefficient (Wildman–Crippen LogP) is 2.29. The van der Waals surface area contributed by atoms with Gasteiger partial charge in [0.25, 0.3) is 0 Å². The molecule has 0 fully saturated rings. The first-order valence-electron chi connectivity index (χ1n) is 7.05. The average Bonchev–Trinajstić information content (AvgIpc) is 2.37. The minimum atomic E-state index is -0.0883. The Balaban J connectivity index is 1.81. The van der Waals surface area contributed by atoms with Crippen molar-refractivity contribution in [1.29, 1.82) is 0 Å². The Labute approximate surface area is 115 Å². The van der Waals surface area contributed by atoms with Crippen molar-refractivity contribution in [2.45, 2.75) is 39.2 Å². The molecule has 1 heterocycles. The number of benzene rings is 1. The first-order valence-corrected chi connectivity index (χ1v) is 7.05. The third-order valence-electron chi connectivity index (χ3n) is 3.23. The minimum absolute atomic E-state index is 0.0883. The molecule has 0 unspecified atom stereocenters. The predicted molar refractivity (Wildman–Crippen MR) is 78.6 cm³/mol. The van der Waals surface area contributed by atoms with Gasteiger partial charge in [-0.05, 0) is 50.3 Å². The summed E-state index contributed by atoms with van der Waals surface area (Å²) >= 11 is 0. The lowest BCUT2D eigenvalue weighted by atomic mass is 9.99. The van der Waals surface area contributed by atoms with Gasteiger partial charge in [0, 0.05) is 24.8 Å². The Kier molecular flexibility index (Phi) is 4.66. The summed E-state index contributed by atoms with van der Waals surface area (Å²) in [5, 5.41) is 9.10. The summed E-state index contributed by atoms with van der Waals surface area (Å²) in [6.07, 6.45) is 3.22. The highest BCUT2D eigenvalue weighted by molar-refractivity contribution is 5.74. The van der Waals surface area contributed by atoms with Crippen LogP contribution in [-0.2, 0) is 12.8 Å². The van der Waals surface area contributed by atoms with Crippen LogP contribution in [0.4, 0.5) is 10.5 Å². The number of carbonyl (C=O) groups excluding carboxylic acids is 1. The lowest BCUT2D eigenvalue weighted by Crippen LogP contribution is -2.40. The van der Waals surface area contributed by atoms with Crippen molar-refractivity contribution in [3.8, 4) is 0 Å². The van der Waals surface area contributed by atoms with Gasteiger partial charge in [-0.25, -0.2) is 4.79 Å². The standard InChI is InChI=1S/C15H23N3O/c1-11(2)18-15(19)17-9-7-12-5-6-14-13(10-12)4-3-8-16-14/h5-6,10-11,16H,3-4,7-9H2,1-2H3,(H2,17,18,19). The van der Waals surface area contributed by atoms with E-state index in [0.717, 1.165) is 19.4 Å². The lowest BCUT2D eigenvalue weighted by Gasteiger charge is -2.18. The zero-order valence-electron chi connectivity index (χ0n) is 11.8. The molecule has 2 rings (SSSR count). The van der Waals surface area contributed by atoms with E-state index in [1.165, 1.54) is 23.2 Å². The zero-order valence-corrected chi connectivity index (χ0v) is 11.8. The fourth-order valence-corrected chi connectivity index (χ4v) is 2.32. The first-order chi connectivity index (χ1) is 9.15. The molecule has 3 N–H and O–H groups in total. The number of nitrogens with one attached hydrogen (secondary N) is 3. The number of hydrogen-bond acceptors (Lipinski definition) is 2. The van der Waals surface area contributed by atoms with Crippen LogP contribution in [0.2, 0.25) is 0 Å². The van der Waals surface area contributed by atoms with Crippen molar-refractivity contribution < 1.29 is 4.79 Å². The highest BCUT2D eigenvalue weighted by Crippen LogP contribution is 2.22. The van der Waals surface area contributed by atoms with Crippen molar-refractivity contribution in [3.05, 3.63) is 29.3 Å². The third-order valence-corrected chi connectivity index (χ3v) is 3.23. The maximum absolute atomic E-state index is 11.4. The van der Waals surface area contributed by atoms with E-state index < -0.39 is 0 Å². The number of anilines is 1. The largest absolute Gasteiger partial charge is 0.385 e. The van der Waals surface area contributed by atoms with Gasteiger partial charge in [-0.2, -0.15) is 0 Å². The molecule has 0 aromatic heterocycles. The monoisotopic (exact) mass is 261 g/mol. The van der Waals surface area contributed by atoms with Crippen LogP contribution < -0.4 is 16.0 Å². The van der Waals surface area contributed by atoms with Gasteiger partial charge in [0.15, 0.2) is 0 Å². The van der Waals surface area contributed by atoms with Gasteiger partial charge in [0.05, 0.1) is 0 Å². The second-order valence-electron chi connectivity index (χ2n) is 5.33. The molecule has 0 spiro atoms. The van der Waals surface area contributed by atoms with E-state index in [-0.39, 0.29) is 12.1 Å². The van der Waals surface area contributed by atoms with Crippen LogP contribution in [0.3, 0.4) is 0 Å². The fourth-order valence-electron chi connectivity index (χ4n) is 2.32. The van der Waals surface area contributed by atoms with E-state index in [1.54, 1.807) is 0 Å². The molecular formula is C15H23N3O. The highest BCUT2D eigenvalue weighted by atomic mass is 16.2. The SMILES string of the molecule is CC(C)NC(=O)NCCc1ccc2c(c1)CCCN2. The Morgan fingerprint density at radius 1 is 1.42 bits per heavy atom. The molecule has 4 nitrogen and oxygen atoms in total. The van der Waals surface area contributed by atoms with E-state index in [0.29, 0.717) is 6.54 Å². The van der Waals surface area contributed by atoms with Crippen molar-refractivity contribution >= 4 is 11.7 Å². The highest BCUT2D eigenvalue weighted by Gasteiger charge is 2.08. The molecule has 1 aromatic carbocycles. The summed E-state index contributed by atoms with van der Waals surface area (Å²) in [5.74, 6) is 0. The Hall–Kier alpha value is -1.71. The second-order valence-corrected chi connectivity index (χ2v) is 5.33. The summed E-state index contributed by atoms with van der Waals surface area (Å²) < 4.78 is 0. The smallest absolute Gasteiger partial charge is 0.314 e. The van der Waals surface area contributed by atoms with Gasteiger partial charge < -0.3 is 16.0 Å². The molecule has 104 valence electrons. The number of carbonyl (C=O) groups is 1. The van der Waals surface area contributed by atoms with Crippen molar-refractivity contribution in [1.82, 2.24) is 10.6 Å². The maximum Gasteiger partial charge on any atom is 0.314 e. The number of aryl methyl sites for hydroxylation is 1. The second kappa shape index (κ2) is 6.45. The Morgan fingerprint density at radius 3 is 3.05 bits per heavy atom. The van der Waals surface area contributed by atoms with Crippen LogP contribution in [0.5, 0.6) is 0 Å². The number of hydrogen-bond donors (Lipinski definition) is 3. The van der Waals surface area contributed by atoms with E-state index in [9.17, 15) is 4.79 Å². The zero-order chi connectivity index (χ0) is 13.7. The number of amides is 2. The molecule has 0 saturated heterocycles. The molecule has 0 saturated carbocycles. The van der Waals surface area contributed by atoms with Gasteiger partial charge in [-0.1, -0.05) is 12.1 Å². The molecule has 0 radical (unpaired) electrons. The van der Waals surface area contributed by atoms with Gasteiger partial charge in [-0.15, -0.1) is 0 Å². The van der Waals surface area contributed by atoms with Crippen LogP contribution in [-0.4, -0.2) is 25.2 Å². The van der Waals surface area contributed by atoms with Gasteiger partial charge >= 0.3 is 6.03 Å². The van der Waals surface area contributed by atoms with E-state index >= 15 is 0 Å². The molecule has 0 aliphatic carbocycles. The molecular weight excluding hydrogens is 238 g/mol. The third kappa shape index (κ3) is 4.16. The molecule has 2 amide bonds. The number of rotatable bonds is 4. The molecule has 19 heavy (non-hydrogen) atoms. The molecule has 1 aromatic rings. The van der Waals surface area contributed by atoms with Crippen molar-refractivity contribution in [2.24, 2.45) is 0 Å². The summed E-state index contributed by atoms with van der Waals surface area (Å²) in [6.45, 7) is 5.65. The van der Waals surface area contributed by atoms with Crippen LogP contribution in [0.25, 0.3) is 0 Å². The van der Waals surface area contributed by atoms with Crippen LogP contribution in [0.1, 0.15) is 31.4 Å². The topological polar surface area (TPSA) is 53.2 Å². The first kappa shape index (κ1) is 13.7. The van der Waals surface area contributed by atoms with Gasteiger partial charge in [-0.3, -0.25) is 0 Å². The quantitative estimate of drug-likeness (QED) is 0.779. The summed E-state index contributed by atoms with van der Waals surface area (Å²) in [7, 11) is 0. The fraction of sp³-hybridized carbons (Fsp3) is 0.533. The maximum atomic E-state index is 11.4. The molecule has 1 aliphatic heterocycles. The molecule has 4 heteroatoms. The van der Waals surface area contributed by atoms with Gasteiger partial charge in [0.2, 0.25) is 0 Å². The van der Waals surface area contributed by atoms with Gasteiger partial charge in [0.1, 0.15) is 0 Å². The Bertz CT molecular complexity index is 443. The molecule has 0 atom stereocenters. The summed E-state index contributed by atoms with van der Waals surface area (Å²) in [4.78, 5) is 11.4. The number of urea groups is 1. The average molecular weight is 261 g/mol. The number of fused-ring (bicyclic) bond motifs is 1. The lowest BCUT2D eigenvalue weighted by molar-refractivity contribution is 0.238. The summed E-state index contributed by atoms with van der Waals surface area (Å²) in [5.41, 5.74) is 3.95. The normalized spacial score (nSPS) is 13.6. The molecule has 1 aliphatic rings. The van der Waals surface area contributed by atoms with Crippen LogP contribution >= 0.6 is 0 Å².